The highest BCUT2D eigenvalue weighted by molar-refractivity contribution is 7.80. The largest absolute Gasteiger partial charge is 0.508 e. The van der Waals surface area contributed by atoms with Gasteiger partial charge in [0.15, 0.2) is 5.11 Å². The molecule has 1 amide bonds. The smallest absolute Gasteiger partial charge is 0.339 e. The normalized spacial score (nSPS) is 17.0. The number of aromatic nitrogens is 1. The first kappa shape index (κ1) is 15.9. The molecule has 6 nitrogen and oxygen atoms in total. The number of thiocarbonyl (C=S) groups is 1. The minimum atomic E-state index is -0.400. The number of pyridine rings is 1. The van der Waals surface area contributed by atoms with E-state index in [1.165, 1.54) is 0 Å². The molecule has 3 rings (SSSR count). The monoisotopic (exact) mass is 341 g/mol. The van der Waals surface area contributed by atoms with Gasteiger partial charge in [-0.25, -0.2) is 15.1 Å². The Kier molecular flexibility index (Phi) is 4.43. The molecule has 24 heavy (non-hydrogen) atoms. The molecule has 0 radical (unpaired) electrons. The Morgan fingerprint density at radius 1 is 1.25 bits per heavy atom. The zero-order valence-corrected chi connectivity index (χ0v) is 13.8. The van der Waals surface area contributed by atoms with Crippen LogP contribution in [-0.4, -0.2) is 16.1 Å². The van der Waals surface area contributed by atoms with Crippen LogP contribution in [0.2, 0.25) is 0 Å². The summed E-state index contributed by atoms with van der Waals surface area (Å²) in [5.41, 5.74) is 2.05. The standard InChI is InChI=1S/C17H16N4O2S/c1-10-14(16(23)20-13-4-2-3-9-18-13)15(21-17(24)19-10)11-5-7-12(22)8-6-11/h2-9,15,22H,1H3,(H,18,20,23)(H2,19,21,24)/p+1. The fourth-order valence-corrected chi connectivity index (χ4v) is 2.84. The van der Waals surface area contributed by atoms with Crippen molar-refractivity contribution in [1.82, 2.24) is 10.6 Å². The lowest BCUT2D eigenvalue weighted by Gasteiger charge is -2.29. The summed E-state index contributed by atoms with van der Waals surface area (Å²) >= 11 is 5.21. The quantitative estimate of drug-likeness (QED) is 0.638. The number of phenolic OH excluding ortho intramolecular Hbond substituents is 1. The number of benzene rings is 1. The van der Waals surface area contributed by atoms with Gasteiger partial charge in [-0.2, -0.15) is 0 Å². The average molecular weight is 341 g/mol. The fraction of sp³-hybridized carbons (Fsp3) is 0.118. The van der Waals surface area contributed by atoms with Crippen molar-refractivity contribution in [3.8, 4) is 5.75 Å². The molecule has 7 heteroatoms. The van der Waals surface area contributed by atoms with E-state index in [1.807, 2.05) is 19.1 Å². The van der Waals surface area contributed by atoms with Gasteiger partial charge in [-0.1, -0.05) is 18.2 Å². The highest BCUT2D eigenvalue weighted by Gasteiger charge is 2.32. The van der Waals surface area contributed by atoms with Gasteiger partial charge in [0.25, 0.3) is 5.82 Å². The van der Waals surface area contributed by atoms with Gasteiger partial charge in [-0.15, -0.1) is 0 Å². The van der Waals surface area contributed by atoms with Crippen LogP contribution in [0, 0.1) is 0 Å². The molecule has 0 bridgehead atoms. The second kappa shape index (κ2) is 6.67. The van der Waals surface area contributed by atoms with E-state index in [2.05, 4.69) is 20.9 Å². The number of aromatic amines is 1. The van der Waals surface area contributed by atoms with E-state index in [0.717, 1.165) is 5.56 Å². The summed E-state index contributed by atoms with van der Waals surface area (Å²) in [7, 11) is 0. The molecule has 0 aliphatic carbocycles. The Morgan fingerprint density at radius 3 is 2.67 bits per heavy atom. The van der Waals surface area contributed by atoms with Crippen LogP contribution in [0.4, 0.5) is 5.82 Å². The summed E-state index contributed by atoms with van der Waals surface area (Å²) in [4.78, 5) is 15.7. The zero-order chi connectivity index (χ0) is 17.1. The lowest BCUT2D eigenvalue weighted by atomic mass is 9.95. The number of aromatic hydroxyl groups is 1. The van der Waals surface area contributed by atoms with Crippen LogP contribution in [0.3, 0.4) is 0 Å². The van der Waals surface area contributed by atoms with Crippen LogP contribution in [0.1, 0.15) is 18.5 Å². The Bertz CT molecular complexity index is 803. The minimum Gasteiger partial charge on any atom is -0.508 e. The number of carbonyl (C=O) groups is 1. The Labute approximate surface area is 144 Å². The van der Waals surface area contributed by atoms with Crippen LogP contribution in [0.15, 0.2) is 59.9 Å². The first-order valence-electron chi connectivity index (χ1n) is 7.40. The van der Waals surface area contributed by atoms with E-state index < -0.39 is 6.04 Å². The van der Waals surface area contributed by atoms with Crippen molar-refractivity contribution in [2.24, 2.45) is 0 Å². The molecule has 122 valence electrons. The molecule has 1 aromatic carbocycles. The van der Waals surface area contributed by atoms with E-state index in [4.69, 9.17) is 12.2 Å². The number of hydrogen-bond acceptors (Lipinski definition) is 3. The number of H-pyrrole nitrogens is 1. The molecule has 1 aliphatic rings. The van der Waals surface area contributed by atoms with Gasteiger partial charge in [-0.3, -0.25) is 0 Å². The molecule has 1 aromatic heterocycles. The first-order chi connectivity index (χ1) is 11.5. The predicted molar refractivity (Wildman–Crippen MR) is 94.0 cm³/mol. The third-order valence-electron chi connectivity index (χ3n) is 3.70. The van der Waals surface area contributed by atoms with Crippen molar-refractivity contribution in [3.05, 3.63) is 65.5 Å². The fourth-order valence-electron chi connectivity index (χ4n) is 2.57. The number of amides is 1. The van der Waals surface area contributed by atoms with Gasteiger partial charge in [-0.05, 0) is 42.9 Å². The summed E-state index contributed by atoms with van der Waals surface area (Å²) in [6.45, 7) is 1.81. The van der Waals surface area contributed by atoms with Crippen molar-refractivity contribution in [3.63, 3.8) is 0 Å². The van der Waals surface area contributed by atoms with Gasteiger partial charge in [0.2, 0.25) is 0 Å². The van der Waals surface area contributed by atoms with Gasteiger partial charge >= 0.3 is 5.91 Å². The summed E-state index contributed by atoms with van der Waals surface area (Å²) in [5.74, 6) is 0.525. The molecule has 2 heterocycles. The van der Waals surface area contributed by atoms with Gasteiger partial charge < -0.3 is 15.7 Å². The van der Waals surface area contributed by atoms with Crippen LogP contribution in [0.5, 0.6) is 5.75 Å². The van der Waals surface area contributed by atoms with Crippen LogP contribution >= 0.6 is 12.2 Å². The Hall–Kier alpha value is -2.93. The highest BCUT2D eigenvalue weighted by atomic mass is 32.1. The van der Waals surface area contributed by atoms with E-state index in [9.17, 15) is 9.90 Å². The third kappa shape index (κ3) is 3.36. The molecule has 1 atom stereocenters. The maximum atomic E-state index is 12.8. The molecular formula is C17H17N4O2S+. The van der Waals surface area contributed by atoms with E-state index in [-0.39, 0.29) is 11.7 Å². The molecule has 2 aromatic rings. The van der Waals surface area contributed by atoms with Crippen LogP contribution in [0.25, 0.3) is 0 Å². The number of rotatable bonds is 3. The number of phenols is 1. The summed E-state index contributed by atoms with van der Waals surface area (Å²) in [6, 6.07) is 11.7. The van der Waals surface area contributed by atoms with Crippen molar-refractivity contribution in [2.75, 3.05) is 5.32 Å². The molecule has 5 N–H and O–H groups in total. The average Bonchev–Trinajstić information content (AvgIpc) is 2.55. The number of carbonyl (C=O) groups excluding carboxylic acids is 1. The number of allylic oxidation sites excluding steroid dienone is 1. The summed E-state index contributed by atoms with van der Waals surface area (Å²) in [5, 5.41) is 18.9. The number of anilines is 1. The molecule has 1 aliphatic heterocycles. The molecule has 0 spiro atoms. The van der Waals surface area contributed by atoms with Gasteiger partial charge in [0, 0.05) is 11.8 Å². The maximum Gasteiger partial charge on any atom is 0.339 e. The van der Waals surface area contributed by atoms with E-state index in [0.29, 0.717) is 22.2 Å². The lowest BCUT2D eigenvalue weighted by Crippen LogP contribution is -2.46. The topological polar surface area (TPSA) is 87.5 Å². The predicted octanol–water partition coefficient (Wildman–Crippen LogP) is 1.64. The summed E-state index contributed by atoms with van der Waals surface area (Å²) in [6.07, 6.45) is 1.74. The van der Waals surface area contributed by atoms with Crippen LogP contribution < -0.4 is 20.9 Å². The number of nitrogens with one attached hydrogen (secondary N) is 4. The molecule has 0 fully saturated rings. The first-order valence-corrected chi connectivity index (χ1v) is 7.80. The van der Waals surface area contributed by atoms with Crippen LogP contribution in [-0.2, 0) is 4.79 Å². The molecule has 0 saturated heterocycles. The second-order valence-electron chi connectivity index (χ2n) is 5.39. The Balaban J connectivity index is 1.94. The SMILES string of the molecule is CC1=C(C(=O)Nc2cccc[nH+]2)C(c2ccc(O)cc2)NC(=S)N1. The van der Waals surface area contributed by atoms with Crippen molar-refractivity contribution in [2.45, 2.75) is 13.0 Å². The maximum absolute atomic E-state index is 12.8. The highest BCUT2D eigenvalue weighted by Crippen LogP contribution is 2.28. The van der Waals surface area contributed by atoms with Gasteiger partial charge in [0.05, 0.1) is 17.8 Å². The molecule has 1 unspecified atom stereocenters. The van der Waals surface area contributed by atoms with Crippen molar-refractivity contribution >= 4 is 29.1 Å². The van der Waals surface area contributed by atoms with E-state index in [1.54, 1.807) is 36.5 Å². The molecule has 0 saturated carbocycles. The van der Waals surface area contributed by atoms with Crippen molar-refractivity contribution < 1.29 is 14.9 Å². The minimum absolute atomic E-state index is 0.167. The van der Waals surface area contributed by atoms with Crippen molar-refractivity contribution in [1.29, 1.82) is 0 Å². The second-order valence-corrected chi connectivity index (χ2v) is 5.80. The Morgan fingerprint density at radius 2 is 2.00 bits per heavy atom. The lowest BCUT2D eigenvalue weighted by molar-refractivity contribution is -0.360. The molecular weight excluding hydrogens is 324 g/mol. The third-order valence-corrected chi connectivity index (χ3v) is 3.92. The summed E-state index contributed by atoms with van der Waals surface area (Å²) < 4.78 is 0. The number of hydrogen-bond donors (Lipinski definition) is 4. The van der Waals surface area contributed by atoms with Gasteiger partial charge in [0.1, 0.15) is 5.75 Å². The van der Waals surface area contributed by atoms with E-state index >= 15 is 0 Å². The zero-order valence-electron chi connectivity index (χ0n) is 13.0.